The van der Waals surface area contributed by atoms with Gasteiger partial charge in [0.25, 0.3) is 0 Å². The molecule has 0 amide bonds. The first kappa shape index (κ1) is 13.6. The van der Waals surface area contributed by atoms with Crippen molar-refractivity contribution in [3.8, 4) is 0 Å². The third kappa shape index (κ3) is 2.58. The van der Waals surface area contributed by atoms with Gasteiger partial charge in [-0.2, -0.15) is 0 Å². The van der Waals surface area contributed by atoms with Gasteiger partial charge in [0, 0.05) is 18.8 Å². The highest BCUT2D eigenvalue weighted by molar-refractivity contribution is 6.26. The first-order valence-corrected chi connectivity index (χ1v) is 7.00. The molecular weight excluding hydrogens is 279 g/mol. The molecule has 1 aliphatic rings. The zero-order valence-corrected chi connectivity index (χ0v) is 11.7. The van der Waals surface area contributed by atoms with Gasteiger partial charge in [-0.15, -0.1) is 11.6 Å². The Balaban J connectivity index is 1.84. The Morgan fingerprint density at radius 1 is 1.35 bits per heavy atom. The van der Waals surface area contributed by atoms with Crippen LogP contribution >= 0.6 is 11.6 Å². The second-order valence-electron chi connectivity index (χ2n) is 5.54. The maximum Gasteiger partial charge on any atom is 0.123 e. The lowest BCUT2D eigenvalue weighted by atomic mass is 9.89. The highest BCUT2D eigenvalue weighted by atomic mass is 35.5. The van der Waals surface area contributed by atoms with Crippen molar-refractivity contribution in [3.63, 3.8) is 0 Å². The Kier molecular flexibility index (Phi) is 3.30. The molecule has 3 rings (SSSR count). The molecule has 0 radical (unpaired) electrons. The molecule has 1 aromatic carbocycles. The van der Waals surface area contributed by atoms with Crippen molar-refractivity contribution < 1.29 is 9.50 Å². The first-order valence-electron chi connectivity index (χ1n) is 6.62. The lowest BCUT2D eigenvalue weighted by Crippen LogP contribution is -2.46. The summed E-state index contributed by atoms with van der Waals surface area (Å²) in [5.74, 6) is -0.279. The van der Waals surface area contributed by atoms with E-state index in [1.54, 1.807) is 30.9 Å². The predicted molar refractivity (Wildman–Crippen MR) is 75.1 cm³/mol. The average Bonchev–Trinajstić information content (AvgIpc) is 2.98. The number of hydrogen-bond acceptors (Lipinski definition) is 2. The highest BCUT2D eigenvalue weighted by Gasteiger charge is 2.57. The summed E-state index contributed by atoms with van der Waals surface area (Å²) in [6.45, 7) is 0.383. The van der Waals surface area contributed by atoms with Crippen LogP contribution in [0.25, 0.3) is 0 Å². The van der Waals surface area contributed by atoms with Crippen LogP contribution in [0, 0.1) is 5.82 Å². The standard InChI is InChI=1S/C15H16ClFN2O/c16-14(5-6-14)15(20,10-19-8-7-18-11-19)9-12-1-3-13(17)4-2-12/h1-4,7-8,11,20H,5-6,9-10H2. The van der Waals surface area contributed by atoms with Crippen LogP contribution in [0.1, 0.15) is 18.4 Å². The maximum absolute atomic E-state index is 13.0. The minimum absolute atomic E-state index is 0.279. The van der Waals surface area contributed by atoms with E-state index < -0.39 is 10.5 Å². The average molecular weight is 295 g/mol. The molecule has 1 unspecified atom stereocenters. The van der Waals surface area contributed by atoms with Crippen LogP contribution in [0.3, 0.4) is 0 Å². The summed E-state index contributed by atoms with van der Waals surface area (Å²) in [6.07, 6.45) is 7.12. The Bertz CT molecular complexity index is 580. The number of rotatable bonds is 5. The first-order chi connectivity index (χ1) is 9.51. The van der Waals surface area contributed by atoms with Crippen LogP contribution in [0.15, 0.2) is 43.0 Å². The smallest absolute Gasteiger partial charge is 0.123 e. The number of aliphatic hydroxyl groups is 1. The third-order valence-electron chi connectivity index (χ3n) is 3.94. The van der Waals surface area contributed by atoms with E-state index in [1.807, 2.05) is 4.57 Å². The van der Waals surface area contributed by atoms with Gasteiger partial charge in [0.1, 0.15) is 11.4 Å². The second kappa shape index (κ2) is 4.86. The van der Waals surface area contributed by atoms with Crippen molar-refractivity contribution in [2.75, 3.05) is 0 Å². The zero-order valence-electron chi connectivity index (χ0n) is 11.0. The molecule has 0 bridgehead atoms. The number of alkyl halides is 1. The van der Waals surface area contributed by atoms with Gasteiger partial charge < -0.3 is 9.67 Å². The van der Waals surface area contributed by atoms with Crippen LogP contribution in [0.5, 0.6) is 0 Å². The fourth-order valence-corrected chi connectivity index (χ4v) is 2.77. The molecule has 106 valence electrons. The van der Waals surface area contributed by atoms with Gasteiger partial charge in [0.2, 0.25) is 0 Å². The van der Waals surface area contributed by atoms with Crippen LogP contribution in [0.4, 0.5) is 4.39 Å². The minimum Gasteiger partial charge on any atom is -0.386 e. The molecule has 1 atom stereocenters. The van der Waals surface area contributed by atoms with Gasteiger partial charge >= 0.3 is 0 Å². The molecule has 5 heteroatoms. The molecule has 2 aromatic rings. The summed E-state index contributed by atoms with van der Waals surface area (Å²) in [5.41, 5.74) is -0.187. The molecule has 1 saturated carbocycles. The van der Waals surface area contributed by atoms with E-state index in [4.69, 9.17) is 11.6 Å². The van der Waals surface area contributed by atoms with E-state index in [9.17, 15) is 9.50 Å². The van der Waals surface area contributed by atoms with E-state index in [-0.39, 0.29) is 5.82 Å². The molecular formula is C15H16ClFN2O. The summed E-state index contributed by atoms with van der Waals surface area (Å²) in [4.78, 5) is 3.40. The lowest BCUT2D eigenvalue weighted by molar-refractivity contribution is 0.0109. The van der Waals surface area contributed by atoms with E-state index in [0.717, 1.165) is 18.4 Å². The number of halogens is 2. The SMILES string of the molecule is OC(Cc1ccc(F)cc1)(Cn1ccnc1)C1(Cl)CC1. The Morgan fingerprint density at radius 3 is 2.60 bits per heavy atom. The molecule has 0 aliphatic heterocycles. The number of benzene rings is 1. The molecule has 1 aliphatic carbocycles. The summed E-state index contributed by atoms with van der Waals surface area (Å²) in [7, 11) is 0. The number of hydrogen-bond donors (Lipinski definition) is 1. The third-order valence-corrected chi connectivity index (χ3v) is 4.67. The largest absolute Gasteiger partial charge is 0.386 e. The highest BCUT2D eigenvalue weighted by Crippen LogP contribution is 2.52. The van der Waals surface area contributed by atoms with Gasteiger partial charge in [0.15, 0.2) is 0 Å². The Morgan fingerprint density at radius 2 is 2.05 bits per heavy atom. The molecule has 1 N–H and O–H groups in total. The van der Waals surface area contributed by atoms with Crippen LogP contribution in [-0.4, -0.2) is 25.1 Å². The fraction of sp³-hybridized carbons (Fsp3) is 0.400. The number of aromatic nitrogens is 2. The maximum atomic E-state index is 13.0. The summed E-state index contributed by atoms with van der Waals surface area (Å²) in [5, 5.41) is 11.0. The molecule has 0 spiro atoms. The van der Waals surface area contributed by atoms with Gasteiger partial charge in [-0.05, 0) is 30.5 Å². The monoisotopic (exact) mass is 294 g/mol. The quantitative estimate of drug-likeness (QED) is 0.861. The fourth-order valence-electron chi connectivity index (χ4n) is 2.55. The summed E-state index contributed by atoms with van der Waals surface area (Å²) >= 11 is 6.49. The molecule has 1 fully saturated rings. The molecule has 3 nitrogen and oxygen atoms in total. The number of nitrogens with zero attached hydrogens (tertiary/aromatic N) is 2. The molecule has 0 saturated heterocycles. The lowest BCUT2D eigenvalue weighted by Gasteiger charge is -2.33. The van der Waals surface area contributed by atoms with E-state index >= 15 is 0 Å². The molecule has 1 heterocycles. The van der Waals surface area contributed by atoms with E-state index in [2.05, 4.69) is 4.98 Å². The minimum atomic E-state index is -1.06. The van der Waals surface area contributed by atoms with Gasteiger partial charge in [0.05, 0.1) is 17.7 Å². The van der Waals surface area contributed by atoms with E-state index in [1.165, 1.54) is 12.1 Å². The normalized spacial score (nSPS) is 19.6. The summed E-state index contributed by atoms with van der Waals surface area (Å²) < 4.78 is 14.8. The number of imidazole rings is 1. The topological polar surface area (TPSA) is 38.0 Å². The molecule has 1 aromatic heterocycles. The van der Waals surface area contributed by atoms with Crippen LogP contribution in [0.2, 0.25) is 0 Å². The molecule has 20 heavy (non-hydrogen) atoms. The van der Waals surface area contributed by atoms with Gasteiger partial charge in [-0.1, -0.05) is 12.1 Å². The van der Waals surface area contributed by atoms with Crippen molar-refractivity contribution in [2.24, 2.45) is 0 Å². The van der Waals surface area contributed by atoms with Crippen LogP contribution in [-0.2, 0) is 13.0 Å². The predicted octanol–water partition coefficient (Wildman–Crippen LogP) is 2.77. The zero-order chi connectivity index (χ0) is 14.2. The Labute approximate surface area is 122 Å². The van der Waals surface area contributed by atoms with Crippen molar-refractivity contribution >= 4 is 11.6 Å². The summed E-state index contributed by atoms with van der Waals surface area (Å²) in [6, 6.07) is 6.19. The second-order valence-corrected chi connectivity index (χ2v) is 6.26. The van der Waals surface area contributed by atoms with Crippen molar-refractivity contribution in [1.29, 1.82) is 0 Å². The van der Waals surface area contributed by atoms with Crippen molar-refractivity contribution in [2.45, 2.75) is 36.3 Å². The van der Waals surface area contributed by atoms with E-state index in [0.29, 0.717) is 13.0 Å². The van der Waals surface area contributed by atoms with Crippen molar-refractivity contribution in [1.82, 2.24) is 9.55 Å². The van der Waals surface area contributed by atoms with Crippen molar-refractivity contribution in [3.05, 3.63) is 54.4 Å². The van der Waals surface area contributed by atoms with Gasteiger partial charge in [-0.3, -0.25) is 0 Å². The van der Waals surface area contributed by atoms with Gasteiger partial charge in [-0.25, -0.2) is 9.37 Å². The Hall–Kier alpha value is -1.39. The van der Waals surface area contributed by atoms with Crippen LogP contribution < -0.4 is 0 Å².